The van der Waals surface area contributed by atoms with E-state index in [0.29, 0.717) is 40.3 Å². The van der Waals surface area contributed by atoms with E-state index in [-0.39, 0.29) is 40.1 Å². The summed E-state index contributed by atoms with van der Waals surface area (Å²) in [7, 11) is 2.93. The molecule has 0 aliphatic carbocycles. The van der Waals surface area contributed by atoms with E-state index in [1.165, 1.54) is 14.2 Å². The molecule has 0 amide bonds. The number of pyridine rings is 2. The molecular weight excluding hydrogens is 527 g/mol. The van der Waals surface area contributed by atoms with Crippen LogP contribution in [0.15, 0.2) is 79.4 Å². The second-order valence-corrected chi connectivity index (χ2v) is 7.81. The molecule has 0 radical (unpaired) electrons. The molecule has 2 aromatic carbocycles. The average Bonchev–Trinajstić information content (AvgIpc) is 2.89. The minimum atomic E-state index is -1.08. The molecule has 0 saturated carbocycles. The zero-order valence-corrected chi connectivity index (χ0v) is 22.2. The molecule has 9 heteroatoms. The SMILES string of the molecule is C=CCc1cc(OC)c([O-])c(-c2cccc(-c3cccc(-c4cccc(OC)c4[O-])n3)n2)c1.CC(=O)[O-].[Mn+3]. The van der Waals surface area contributed by atoms with Gasteiger partial charge in [-0.25, -0.2) is 9.97 Å². The molecule has 0 spiro atoms. The Morgan fingerprint density at radius 3 is 1.82 bits per heavy atom. The zero-order chi connectivity index (χ0) is 26.9. The Morgan fingerprint density at radius 1 is 0.816 bits per heavy atom. The smallest absolute Gasteiger partial charge is 0.870 e. The van der Waals surface area contributed by atoms with Gasteiger partial charge in [0.1, 0.15) is 11.5 Å². The summed E-state index contributed by atoms with van der Waals surface area (Å²) in [5, 5.41) is 34.4. The number of carbonyl (C=O) groups excluding carboxylic acids is 1. The van der Waals surface area contributed by atoms with Crippen LogP contribution in [0.2, 0.25) is 0 Å². The van der Waals surface area contributed by atoms with Gasteiger partial charge in [-0.15, -0.1) is 6.58 Å². The third-order valence-corrected chi connectivity index (χ3v) is 5.23. The van der Waals surface area contributed by atoms with Gasteiger partial charge in [0.2, 0.25) is 0 Å². The van der Waals surface area contributed by atoms with Gasteiger partial charge in [-0.1, -0.05) is 41.8 Å². The fraction of sp³-hybridized carbons (Fsp3) is 0.138. The van der Waals surface area contributed by atoms with Crippen LogP contribution in [0.25, 0.3) is 33.9 Å². The van der Waals surface area contributed by atoms with E-state index in [2.05, 4.69) is 11.6 Å². The molecule has 0 bridgehead atoms. The molecule has 0 fully saturated rings. The fourth-order valence-electron chi connectivity index (χ4n) is 3.62. The number of nitrogens with zero attached hydrogens (tertiary/aromatic N) is 2. The Labute approximate surface area is 231 Å². The first kappa shape index (κ1) is 29.9. The van der Waals surface area contributed by atoms with E-state index >= 15 is 0 Å². The van der Waals surface area contributed by atoms with Gasteiger partial charge in [0.05, 0.1) is 37.0 Å². The summed E-state index contributed by atoms with van der Waals surface area (Å²) in [5.41, 5.74) is 3.98. The molecule has 0 N–H and O–H groups in total. The molecule has 0 saturated heterocycles. The Morgan fingerprint density at radius 2 is 1.29 bits per heavy atom. The number of allylic oxidation sites excluding steroid dienone is 1. The van der Waals surface area contributed by atoms with Crippen LogP contribution in [0.5, 0.6) is 23.0 Å². The minimum Gasteiger partial charge on any atom is -0.870 e. The van der Waals surface area contributed by atoms with E-state index < -0.39 is 5.97 Å². The maximum atomic E-state index is 12.9. The molecule has 8 nitrogen and oxygen atoms in total. The molecule has 0 unspecified atom stereocenters. The van der Waals surface area contributed by atoms with Crippen molar-refractivity contribution >= 4 is 5.97 Å². The number of hydrogen-bond donors (Lipinski definition) is 0. The number of para-hydroxylation sites is 1. The van der Waals surface area contributed by atoms with Gasteiger partial charge in [-0.2, -0.15) is 0 Å². The van der Waals surface area contributed by atoms with Crippen LogP contribution < -0.4 is 24.8 Å². The van der Waals surface area contributed by atoms with Gasteiger partial charge >= 0.3 is 17.1 Å². The van der Waals surface area contributed by atoms with Gasteiger partial charge in [0.15, 0.2) is 0 Å². The summed E-state index contributed by atoms with van der Waals surface area (Å²) in [6.07, 6.45) is 2.37. The first-order valence-corrected chi connectivity index (χ1v) is 11.2. The summed E-state index contributed by atoms with van der Waals surface area (Å²) in [5.74, 6) is -1.02. The molecule has 2 aromatic heterocycles. The van der Waals surface area contributed by atoms with Crippen LogP contribution in [0.4, 0.5) is 0 Å². The quantitative estimate of drug-likeness (QED) is 0.253. The Bertz CT molecular complexity index is 1420. The van der Waals surface area contributed by atoms with Crippen molar-refractivity contribution in [2.75, 3.05) is 14.2 Å². The topological polar surface area (TPSA) is 130 Å². The molecule has 2 heterocycles. The van der Waals surface area contributed by atoms with Crippen LogP contribution in [0.3, 0.4) is 0 Å². The number of ether oxygens (including phenoxy) is 2. The van der Waals surface area contributed by atoms with E-state index in [9.17, 15) is 10.2 Å². The normalized spacial score (nSPS) is 9.87. The molecule has 0 aliphatic rings. The standard InChI is InChI=1S/C27H24N2O4.C2H4O2.Mn/c1-4-8-17-15-19(27(31)25(16-17)33-3)21-11-7-13-23(29-21)22-12-6-10-20(28-22)18-9-5-14-24(32-2)26(18)30;1-2(3)4;/h4-7,9-16,30-31H,1,8H2,2-3H3;1H3,(H,3,4);/q;;+3/p-3. The third-order valence-electron chi connectivity index (χ3n) is 5.23. The number of hydrogen-bond acceptors (Lipinski definition) is 8. The van der Waals surface area contributed by atoms with Crippen LogP contribution >= 0.6 is 0 Å². The maximum absolute atomic E-state index is 12.9. The van der Waals surface area contributed by atoms with Crippen molar-refractivity contribution in [1.29, 1.82) is 0 Å². The number of benzene rings is 2. The van der Waals surface area contributed by atoms with Crippen molar-refractivity contribution in [3.05, 3.63) is 84.9 Å². The van der Waals surface area contributed by atoms with Crippen LogP contribution in [-0.2, 0) is 28.3 Å². The first-order chi connectivity index (χ1) is 17.8. The first-order valence-electron chi connectivity index (χ1n) is 11.2. The van der Waals surface area contributed by atoms with Gasteiger partial charge in [-0.05, 0) is 72.5 Å². The van der Waals surface area contributed by atoms with Crippen LogP contribution in [-0.4, -0.2) is 30.2 Å². The van der Waals surface area contributed by atoms with E-state index in [1.54, 1.807) is 42.5 Å². The summed E-state index contributed by atoms with van der Waals surface area (Å²) >= 11 is 0. The van der Waals surface area contributed by atoms with Crippen LogP contribution in [0, 0.1) is 0 Å². The van der Waals surface area contributed by atoms with Gasteiger partial charge in [0, 0.05) is 5.97 Å². The second-order valence-electron chi connectivity index (χ2n) is 7.81. The third kappa shape index (κ3) is 7.12. The van der Waals surface area contributed by atoms with Crippen molar-refractivity contribution in [3.63, 3.8) is 0 Å². The second kappa shape index (κ2) is 13.8. The van der Waals surface area contributed by atoms with Crippen molar-refractivity contribution in [2.45, 2.75) is 13.3 Å². The summed E-state index contributed by atoms with van der Waals surface area (Å²) in [4.78, 5) is 18.2. The van der Waals surface area contributed by atoms with Gasteiger partial charge in [0.25, 0.3) is 0 Å². The summed E-state index contributed by atoms with van der Waals surface area (Å²) < 4.78 is 10.4. The number of methoxy groups -OCH3 is 2. The minimum absolute atomic E-state index is 0. The Balaban J connectivity index is 0.000000947. The molecular formula is C29H25MnN2O6. The molecule has 38 heavy (non-hydrogen) atoms. The monoisotopic (exact) mass is 552 g/mol. The maximum Gasteiger partial charge on any atom is 3.00 e. The fourth-order valence-corrected chi connectivity index (χ4v) is 3.62. The molecule has 194 valence electrons. The molecule has 4 rings (SSSR count). The van der Waals surface area contributed by atoms with E-state index in [4.69, 9.17) is 24.4 Å². The molecule has 4 aromatic rings. The predicted molar refractivity (Wildman–Crippen MR) is 135 cm³/mol. The average molecular weight is 552 g/mol. The van der Waals surface area contributed by atoms with Gasteiger partial charge < -0.3 is 29.6 Å². The number of aliphatic carboxylic acids is 1. The Kier molecular flexibility index (Phi) is 10.9. The van der Waals surface area contributed by atoms with Crippen molar-refractivity contribution < 1.29 is 46.7 Å². The summed E-state index contributed by atoms with van der Waals surface area (Å²) in [6, 6.07) is 19.4. The van der Waals surface area contributed by atoms with Gasteiger partial charge in [-0.3, -0.25) is 0 Å². The van der Waals surface area contributed by atoms with Crippen molar-refractivity contribution in [2.24, 2.45) is 0 Å². The van der Waals surface area contributed by atoms with Crippen molar-refractivity contribution in [1.82, 2.24) is 9.97 Å². The zero-order valence-electron chi connectivity index (χ0n) is 21.1. The number of aromatic nitrogens is 2. The molecule has 0 aliphatic heterocycles. The number of rotatable bonds is 7. The van der Waals surface area contributed by atoms with Crippen LogP contribution in [0.1, 0.15) is 12.5 Å². The molecule has 0 atom stereocenters. The van der Waals surface area contributed by atoms with E-state index in [1.807, 2.05) is 30.3 Å². The number of carboxylic acids is 1. The Hall–Kier alpha value is -4.33. The number of carbonyl (C=O) groups is 1. The summed E-state index contributed by atoms with van der Waals surface area (Å²) in [6.45, 7) is 4.74. The van der Waals surface area contributed by atoms with E-state index in [0.717, 1.165) is 12.5 Å². The predicted octanol–water partition coefficient (Wildman–Crippen LogP) is 3.12. The number of carboxylic acid groups (broad SMARTS) is 1. The van der Waals surface area contributed by atoms with Crippen molar-refractivity contribution in [3.8, 4) is 56.9 Å². The largest absolute Gasteiger partial charge is 3.00 e.